The van der Waals surface area contributed by atoms with Crippen molar-refractivity contribution in [3.63, 3.8) is 0 Å². The van der Waals surface area contributed by atoms with Crippen LogP contribution in [-0.2, 0) is 11.3 Å². The van der Waals surface area contributed by atoms with E-state index in [0.29, 0.717) is 15.8 Å². The Balaban J connectivity index is 1.53. The zero-order valence-corrected chi connectivity index (χ0v) is 19.7. The van der Waals surface area contributed by atoms with E-state index in [2.05, 4.69) is 22.9 Å². The van der Waals surface area contributed by atoms with Gasteiger partial charge in [0.25, 0.3) is 5.91 Å². The molecular weight excluding hydrogens is 456 g/mol. The van der Waals surface area contributed by atoms with Gasteiger partial charge < -0.3 is 4.57 Å². The number of carbonyl (C=O) groups excluding carboxylic acids is 1. The highest BCUT2D eigenvalue weighted by atomic mass is 35.5. The molecule has 1 amide bonds. The molecule has 1 saturated heterocycles. The molecule has 0 bridgehead atoms. The van der Waals surface area contributed by atoms with E-state index < -0.39 is 0 Å². The number of hydrogen-bond donors (Lipinski definition) is 0. The highest BCUT2D eigenvalue weighted by Crippen LogP contribution is 2.37. The van der Waals surface area contributed by atoms with Crippen LogP contribution in [0.25, 0.3) is 17.0 Å². The minimum atomic E-state index is -0.0893. The summed E-state index contributed by atoms with van der Waals surface area (Å²) in [4.78, 5) is 15.5. The third kappa shape index (κ3) is 3.88. The largest absolute Gasteiger partial charge is 0.342 e. The molecule has 1 fully saturated rings. The van der Waals surface area contributed by atoms with E-state index in [1.165, 1.54) is 11.8 Å². The van der Waals surface area contributed by atoms with E-state index >= 15 is 0 Å². The molecule has 32 heavy (non-hydrogen) atoms. The number of anilines is 1. The van der Waals surface area contributed by atoms with Gasteiger partial charge in [-0.2, -0.15) is 0 Å². The summed E-state index contributed by atoms with van der Waals surface area (Å²) in [6, 6.07) is 23.9. The number of amides is 1. The molecule has 1 aliphatic heterocycles. The number of thioether (sulfide) groups is 1. The summed E-state index contributed by atoms with van der Waals surface area (Å²) in [6.07, 6.45) is 4.02. The molecule has 158 valence electrons. The summed E-state index contributed by atoms with van der Waals surface area (Å²) in [5.74, 6) is -0.0893. The number of rotatable bonds is 4. The quantitative estimate of drug-likeness (QED) is 0.234. The fraction of sp³-hybridized carbons (Fsp3) is 0.0769. The summed E-state index contributed by atoms with van der Waals surface area (Å²) in [7, 11) is 0. The van der Waals surface area contributed by atoms with E-state index in [4.69, 9.17) is 23.8 Å². The lowest BCUT2D eigenvalue weighted by Crippen LogP contribution is -2.27. The van der Waals surface area contributed by atoms with Crippen molar-refractivity contribution in [3.8, 4) is 0 Å². The average molecular weight is 475 g/mol. The van der Waals surface area contributed by atoms with Crippen molar-refractivity contribution in [3.05, 3.63) is 106 Å². The van der Waals surface area contributed by atoms with Crippen molar-refractivity contribution in [2.24, 2.45) is 0 Å². The normalized spacial score (nSPS) is 15.3. The van der Waals surface area contributed by atoms with Crippen molar-refractivity contribution < 1.29 is 4.79 Å². The van der Waals surface area contributed by atoms with E-state index in [1.807, 2.05) is 73.7 Å². The van der Waals surface area contributed by atoms with E-state index in [0.717, 1.165) is 38.3 Å². The monoisotopic (exact) mass is 474 g/mol. The second-order valence-electron chi connectivity index (χ2n) is 7.68. The number of benzene rings is 3. The smallest absolute Gasteiger partial charge is 0.270 e. The fourth-order valence-electron chi connectivity index (χ4n) is 3.93. The average Bonchev–Trinajstić information content (AvgIpc) is 3.26. The number of hydrogen-bond acceptors (Lipinski definition) is 3. The van der Waals surface area contributed by atoms with Crippen molar-refractivity contribution in [2.75, 3.05) is 4.90 Å². The predicted molar refractivity (Wildman–Crippen MR) is 139 cm³/mol. The lowest BCUT2D eigenvalue weighted by atomic mass is 10.1. The first kappa shape index (κ1) is 21.0. The Labute approximate surface area is 201 Å². The molecule has 0 radical (unpaired) electrons. The summed E-state index contributed by atoms with van der Waals surface area (Å²) in [5, 5.41) is 1.83. The van der Waals surface area contributed by atoms with Gasteiger partial charge in [-0.1, -0.05) is 84.1 Å². The van der Waals surface area contributed by atoms with Gasteiger partial charge in [-0.05, 0) is 48.4 Å². The second kappa shape index (κ2) is 8.58. The molecule has 2 heterocycles. The molecular formula is C26H19ClN2OS2. The number of halogens is 1. The van der Waals surface area contributed by atoms with Crippen LogP contribution in [0.4, 0.5) is 5.69 Å². The first-order valence-electron chi connectivity index (χ1n) is 10.2. The van der Waals surface area contributed by atoms with Crippen molar-refractivity contribution in [1.82, 2.24) is 4.57 Å². The van der Waals surface area contributed by atoms with E-state index in [1.54, 1.807) is 4.90 Å². The van der Waals surface area contributed by atoms with Crippen LogP contribution in [0.1, 0.15) is 16.7 Å². The summed E-state index contributed by atoms with van der Waals surface area (Å²) >= 11 is 13.3. The topological polar surface area (TPSA) is 25.2 Å². The maximum Gasteiger partial charge on any atom is 0.270 e. The van der Waals surface area contributed by atoms with E-state index in [9.17, 15) is 4.79 Å². The van der Waals surface area contributed by atoms with Crippen molar-refractivity contribution in [1.29, 1.82) is 0 Å². The summed E-state index contributed by atoms with van der Waals surface area (Å²) in [6.45, 7) is 2.66. The number of nitrogens with zero attached hydrogens (tertiary/aromatic N) is 2. The van der Waals surface area contributed by atoms with Gasteiger partial charge in [0.1, 0.15) is 0 Å². The van der Waals surface area contributed by atoms with Gasteiger partial charge in [0.15, 0.2) is 4.32 Å². The molecule has 0 spiro atoms. The Kier molecular flexibility index (Phi) is 5.64. The van der Waals surface area contributed by atoms with Gasteiger partial charge in [0, 0.05) is 34.2 Å². The lowest BCUT2D eigenvalue weighted by Gasteiger charge is -2.14. The Bertz CT molecular complexity index is 1410. The number of thiocarbonyl (C=S) groups is 1. The molecule has 0 unspecified atom stereocenters. The predicted octanol–water partition coefficient (Wildman–Crippen LogP) is 7.06. The molecule has 1 aliphatic rings. The van der Waals surface area contributed by atoms with Crippen LogP contribution >= 0.6 is 35.6 Å². The SMILES string of the molecule is Cc1cccc(N2C(=O)C(=Cc3cn(Cc4ccccc4Cl)c4ccccc34)SC2=S)c1. The Hall–Kier alpha value is -2.86. The summed E-state index contributed by atoms with van der Waals surface area (Å²) < 4.78 is 2.72. The summed E-state index contributed by atoms with van der Waals surface area (Å²) in [5.41, 5.74) is 5.01. The Morgan fingerprint density at radius 2 is 1.81 bits per heavy atom. The molecule has 1 aromatic heterocycles. The number of para-hydroxylation sites is 1. The van der Waals surface area contributed by atoms with Gasteiger partial charge in [0.2, 0.25) is 0 Å². The van der Waals surface area contributed by atoms with Crippen LogP contribution in [-0.4, -0.2) is 14.8 Å². The highest BCUT2D eigenvalue weighted by molar-refractivity contribution is 8.27. The van der Waals surface area contributed by atoms with Crippen LogP contribution in [0, 0.1) is 6.92 Å². The Morgan fingerprint density at radius 3 is 2.62 bits per heavy atom. The molecule has 0 N–H and O–H groups in total. The Morgan fingerprint density at radius 1 is 1.03 bits per heavy atom. The van der Waals surface area contributed by atoms with Crippen LogP contribution in [0.3, 0.4) is 0 Å². The first-order valence-corrected chi connectivity index (χ1v) is 11.8. The molecule has 5 rings (SSSR count). The van der Waals surface area contributed by atoms with Crippen molar-refractivity contribution >= 4 is 68.5 Å². The zero-order chi connectivity index (χ0) is 22.2. The highest BCUT2D eigenvalue weighted by Gasteiger charge is 2.33. The van der Waals surface area contributed by atoms with Crippen LogP contribution < -0.4 is 4.90 Å². The van der Waals surface area contributed by atoms with E-state index in [-0.39, 0.29) is 5.91 Å². The number of aryl methyl sites for hydroxylation is 1. The molecule has 0 aliphatic carbocycles. The fourth-order valence-corrected chi connectivity index (χ4v) is 5.42. The zero-order valence-electron chi connectivity index (χ0n) is 17.3. The number of fused-ring (bicyclic) bond motifs is 1. The third-order valence-electron chi connectivity index (χ3n) is 5.46. The van der Waals surface area contributed by atoms with Gasteiger partial charge in [0.05, 0.1) is 10.6 Å². The third-order valence-corrected chi connectivity index (χ3v) is 7.13. The van der Waals surface area contributed by atoms with Crippen LogP contribution in [0.2, 0.25) is 5.02 Å². The molecule has 3 nitrogen and oxygen atoms in total. The minimum Gasteiger partial charge on any atom is -0.342 e. The molecule has 4 aromatic rings. The lowest BCUT2D eigenvalue weighted by molar-refractivity contribution is -0.113. The van der Waals surface area contributed by atoms with Crippen LogP contribution in [0.15, 0.2) is 83.9 Å². The molecule has 0 atom stereocenters. The van der Waals surface area contributed by atoms with Gasteiger partial charge in [-0.3, -0.25) is 9.69 Å². The maximum absolute atomic E-state index is 13.2. The van der Waals surface area contributed by atoms with Gasteiger partial charge in [-0.15, -0.1) is 0 Å². The molecule has 6 heteroatoms. The number of aromatic nitrogens is 1. The maximum atomic E-state index is 13.2. The standard InChI is InChI=1S/C26H19ClN2OS2/c1-17-7-6-9-20(13-17)29-25(30)24(32-26(29)31)14-19-16-28(23-12-5-3-10-21(19)23)15-18-8-2-4-11-22(18)27/h2-14,16H,15H2,1H3. The minimum absolute atomic E-state index is 0.0893. The van der Waals surface area contributed by atoms with Crippen molar-refractivity contribution in [2.45, 2.75) is 13.5 Å². The van der Waals surface area contributed by atoms with Crippen LogP contribution in [0.5, 0.6) is 0 Å². The first-order chi connectivity index (χ1) is 15.5. The number of carbonyl (C=O) groups is 1. The molecule has 3 aromatic carbocycles. The van der Waals surface area contributed by atoms with Gasteiger partial charge >= 0.3 is 0 Å². The second-order valence-corrected chi connectivity index (χ2v) is 9.76. The molecule has 0 saturated carbocycles. The van der Waals surface area contributed by atoms with Gasteiger partial charge in [-0.25, -0.2) is 0 Å².